The Bertz CT molecular complexity index is 1240. The number of hydrogen-bond donors (Lipinski definition) is 1. The zero-order valence-electron chi connectivity index (χ0n) is 18.1. The van der Waals surface area contributed by atoms with Gasteiger partial charge in [-0.25, -0.2) is 4.68 Å². The van der Waals surface area contributed by atoms with Crippen LogP contribution in [0.4, 0.5) is 11.4 Å². The fourth-order valence-corrected chi connectivity index (χ4v) is 4.19. The molecule has 2 aromatic heterocycles. The Morgan fingerprint density at radius 2 is 1.75 bits per heavy atom. The molecule has 162 valence electrons. The molecular weight excluding hydrogens is 402 g/mol. The van der Waals surface area contributed by atoms with Crippen molar-refractivity contribution in [3.8, 4) is 5.69 Å². The van der Waals surface area contributed by atoms with E-state index in [0.29, 0.717) is 11.4 Å². The van der Waals surface area contributed by atoms with Crippen LogP contribution in [0.25, 0.3) is 16.6 Å². The van der Waals surface area contributed by atoms with Crippen molar-refractivity contribution in [2.24, 2.45) is 0 Å². The highest BCUT2D eigenvalue weighted by Crippen LogP contribution is 2.22. The van der Waals surface area contributed by atoms with Crippen molar-refractivity contribution in [1.82, 2.24) is 14.8 Å². The Kier molecular flexibility index (Phi) is 5.33. The van der Waals surface area contributed by atoms with Gasteiger partial charge < -0.3 is 15.0 Å². The molecule has 1 fully saturated rings. The molecule has 1 aliphatic heterocycles. The van der Waals surface area contributed by atoms with Crippen molar-refractivity contribution in [1.29, 1.82) is 0 Å². The summed E-state index contributed by atoms with van der Waals surface area (Å²) in [5.74, 6) is -0.238. The molecule has 5 rings (SSSR count). The van der Waals surface area contributed by atoms with Crippen molar-refractivity contribution in [3.05, 3.63) is 78.8 Å². The number of pyridine rings is 1. The third-order valence-corrected chi connectivity index (χ3v) is 5.61. The second-order valence-corrected chi connectivity index (χ2v) is 8.18. The first kappa shape index (κ1) is 20.2. The average molecular weight is 428 g/mol. The number of ether oxygens (including phenoxy) is 1. The van der Waals surface area contributed by atoms with Gasteiger partial charge >= 0.3 is 0 Å². The minimum atomic E-state index is -0.238. The number of carbonyl (C=O) groups excluding carboxylic acids is 1. The molecule has 7 heteroatoms. The zero-order valence-corrected chi connectivity index (χ0v) is 18.1. The lowest BCUT2D eigenvalue weighted by Gasteiger charge is -2.36. The van der Waals surface area contributed by atoms with Gasteiger partial charge in [-0.3, -0.25) is 9.78 Å². The second kappa shape index (κ2) is 8.43. The predicted molar refractivity (Wildman–Crippen MR) is 125 cm³/mol. The number of aromatic nitrogens is 3. The molecule has 32 heavy (non-hydrogen) atoms. The van der Waals surface area contributed by atoms with Gasteiger partial charge in [-0.05, 0) is 56.3 Å². The summed E-state index contributed by atoms with van der Waals surface area (Å²) in [5, 5.41) is 8.50. The van der Waals surface area contributed by atoms with Gasteiger partial charge in [0, 0.05) is 36.0 Å². The van der Waals surface area contributed by atoms with E-state index in [0.717, 1.165) is 35.4 Å². The quantitative estimate of drug-likeness (QED) is 0.526. The van der Waals surface area contributed by atoms with E-state index in [4.69, 9.17) is 4.74 Å². The fraction of sp³-hybridized carbons (Fsp3) is 0.240. The highest BCUT2D eigenvalue weighted by atomic mass is 16.5. The Morgan fingerprint density at radius 1 is 1.00 bits per heavy atom. The van der Waals surface area contributed by atoms with Crippen LogP contribution in [-0.2, 0) is 4.74 Å². The molecule has 0 radical (unpaired) electrons. The van der Waals surface area contributed by atoms with Gasteiger partial charge in [0.05, 0.1) is 29.6 Å². The van der Waals surface area contributed by atoms with Gasteiger partial charge in [0.2, 0.25) is 0 Å². The Hall–Kier alpha value is -3.71. The molecular formula is C25H25N5O2. The lowest BCUT2D eigenvalue weighted by molar-refractivity contribution is -0.00522. The number of nitrogens with one attached hydrogen (secondary N) is 1. The summed E-state index contributed by atoms with van der Waals surface area (Å²) in [5.41, 5.74) is 4.04. The monoisotopic (exact) mass is 427 g/mol. The van der Waals surface area contributed by atoms with Crippen LogP contribution in [0.5, 0.6) is 0 Å². The summed E-state index contributed by atoms with van der Waals surface area (Å²) in [7, 11) is 0. The van der Waals surface area contributed by atoms with E-state index in [1.807, 2.05) is 71.5 Å². The molecule has 2 aromatic carbocycles. The molecule has 3 heterocycles. The average Bonchev–Trinajstić information content (AvgIpc) is 3.23. The van der Waals surface area contributed by atoms with Crippen LogP contribution in [0, 0.1) is 0 Å². The minimum absolute atomic E-state index is 0.148. The molecule has 2 unspecified atom stereocenters. The molecule has 0 spiro atoms. The van der Waals surface area contributed by atoms with Gasteiger partial charge in [-0.15, -0.1) is 0 Å². The van der Waals surface area contributed by atoms with Crippen LogP contribution in [0.15, 0.2) is 73.1 Å². The van der Waals surface area contributed by atoms with Gasteiger partial charge in [0.15, 0.2) is 0 Å². The van der Waals surface area contributed by atoms with E-state index < -0.39 is 0 Å². The van der Waals surface area contributed by atoms with Gasteiger partial charge in [0.1, 0.15) is 5.69 Å². The van der Waals surface area contributed by atoms with Gasteiger partial charge in [-0.2, -0.15) is 5.10 Å². The third kappa shape index (κ3) is 4.07. The molecule has 0 bridgehead atoms. The molecule has 1 amide bonds. The summed E-state index contributed by atoms with van der Waals surface area (Å²) in [6.07, 6.45) is 3.82. The third-order valence-electron chi connectivity index (χ3n) is 5.61. The lowest BCUT2D eigenvalue weighted by Crippen LogP contribution is -2.45. The molecule has 1 saturated heterocycles. The standard InChI is InChI=1S/C25H25N5O2/c1-17-15-29(16-18(2)32-17)22-11-12-26-23(13-22)25(31)28-20-7-9-21(10-8-20)30-24-6-4-3-5-19(24)14-27-30/h3-14,17-18H,15-16H2,1-2H3,(H,28,31). The van der Waals surface area contributed by atoms with E-state index in [1.165, 1.54) is 0 Å². The maximum absolute atomic E-state index is 12.8. The molecule has 0 saturated carbocycles. The summed E-state index contributed by atoms with van der Waals surface area (Å²) in [6.45, 7) is 5.71. The van der Waals surface area contributed by atoms with Crippen LogP contribution in [0.1, 0.15) is 24.3 Å². The van der Waals surface area contributed by atoms with Crippen LogP contribution < -0.4 is 10.2 Å². The number of para-hydroxylation sites is 1. The normalized spacial score (nSPS) is 18.6. The summed E-state index contributed by atoms with van der Waals surface area (Å²) >= 11 is 0. The van der Waals surface area contributed by atoms with E-state index in [2.05, 4.69) is 34.1 Å². The maximum Gasteiger partial charge on any atom is 0.274 e. The largest absolute Gasteiger partial charge is 0.372 e. The lowest BCUT2D eigenvalue weighted by atomic mass is 10.2. The second-order valence-electron chi connectivity index (χ2n) is 8.18. The molecule has 2 atom stereocenters. The number of amides is 1. The molecule has 7 nitrogen and oxygen atoms in total. The number of rotatable bonds is 4. The number of carbonyl (C=O) groups is 1. The van der Waals surface area contributed by atoms with E-state index in [9.17, 15) is 4.79 Å². The van der Waals surface area contributed by atoms with E-state index >= 15 is 0 Å². The Balaban J connectivity index is 1.31. The summed E-state index contributed by atoms with van der Waals surface area (Å²) < 4.78 is 7.70. The van der Waals surface area contributed by atoms with E-state index in [1.54, 1.807) is 6.20 Å². The van der Waals surface area contributed by atoms with Crippen LogP contribution in [0.3, 0.4) is 0 Å². The van der Waals surface area contributed by atoms with Crippen molar-refractivity contribution in [2.45, 2.75) is 26.1 Å². The first-order chi connectivity index (χ1) is 15.6. The van der Waals surface area contributed by atoms with Crippen molar-refractivity contribution >= 4 is 28.2 Å². The smallest absolute Gasteiger partial charge is 0.274 e. The number of anilines is 2. The highest BCUT2D eigenvalue weighted by molar-refractivity contribution is 6.03. The van der Waals surface area contributed by atoms with Crippen molar-refractivity contribution < 1.29 is 9.53 Å². The molecule has 1 aliphatic rings. The maximum atomic E-state index is 12.8. The molecule has 1 N–H and O–H groups in total. The fourth-order valence-electron chi connectivity index (χ4n) is 4.19. The molecule has 4 aromatic rings. The van der Waals surface area contributed by atoms with Crippen LogP contribution in [-0.4, -0.2) is 46.0 Å². The van der Waals surface area contributed by atoms with E-state index in [-0.39, 0.29) is 18.1 Å². The zero-order chi connectivity index (χ0) is 22.1. The number of morpholine rings is 1. The number of fused-ring (bicyclic) bond motifs is 1. The predicted octanol–water partition coefficient (Wildman–Crippen LogP) is 4.29. The van der Waals surface area contributed by atoms with Crippen LogP contribution in [0.2, 0.25) is 0 Å². The highest BCUT2D eigenvalue weighted by Gasteiger charge is 2.23. The Morgan fingerprint density at radius 3 is 2.53 bits per heavy atom. The van der Waals surface area contributed by atoms with Crippen molar-refractivity contribution in [2.75, 3.05) is 23.3 Å². The number of hydrogen-bond acceptors (Lipinski definition) is 5. The summed E-state index contributed by atoms with van der Waals surface area (Å²) in [4.78, 5) is 19.3. The van der Waals surface area contributed by atoms with Crippen LogP contribution >= 0.6 is 0 Å². The topological polar surface area (TPSA) is 72.3 Å². The number of nitrogens with zero attached hydrogens (tertiary/aromatic N) is 4. The Labute approximate surface area is 186 Å². The van der Waals surface area contributed by atoms with Gasteiger partial charge in [0.25, 0.3) is 5.91 Å². The number of benzene rings is 2. The first-order valence-electron chi connectivity index (χ1n) is 10.8. The van der Waals surface area contributed by atoms with Crippen molar-refractivity contribution in [3.63, 3.8) is 0 Å². The summed E-state index contributed by atoms with van der Waals surface area (Å²) in [6, 6.07) is 19.5. The molecule has 0 aliphatic carbocycles. The SMILES string of the molecule is CC1CN(c2ccnc(C(=O)Nc3ccc(-n4ncc5ccccc54)cc3)c2)CC(C)O1. The first-order valence-corrected chi connectivity index (χ1v) is 10.8. The van der Waals surface area contributed by atoms with Gasteiger partial charge in [-0.1, -0.05) is 18.2 Å². The minimum Gasteiger partial charge on any atom is -0.372 e.